The van der Waals surface area contributed by atoms with E-state index in [1.54, 1.807) is 0 Å². The van der Waals surface area contributed by atoms with E-state index in [4.69, 9.17) is 0 Å². The maximum atomic E-state index is 12.7. The van der Waals surface area contributed by atoms with Crippen molar-refractivity contribution in [3.8, 4) is 0 Å². The molecular formula is C20H27N3O4S. The smallest absolute Gasteiger partial charge is 0.267 e. The van der Waals surface area contributed by atoms with Crippen LogP contribution in [0, 0.1) is 0 Å². The van der Waals surface area contributed by atoms with Crippen LogP contribution in [0.15, 0.2) is 29.4 Å². The summed E-state index contributed by atoms with van der Waals surface area (Å²) in [6.07, 6.45) is 0.797. The molecule has 0 aromatic heterocycles. The van der Waals surface area contributed by atoms with Gasteiger partial charge in [-0.25, -0.2) is 13.4 Å². The number of sulfone groups is 1. The maximum Gasteiger partial charge on any atom is 0.267 e. The number of nitrogens with zero attached hydrogens (tertiary/aromatic N) is 2. The third-order valence-electron chi connectivity index (χ3n) is 5.33. The maximum absolute atomic E-state index is 12.7. The van der Waals surface area contributed by atoms with Gasteiger partial charge in [0.25, 0.3) is 5.91 Å². The lowest BCUT2D eigenvalue weighted by molar-refractivity contribution is -0.133. The van der Waals surface area contributed by atoms with Crippen molar-refractivity contribution in [1.29, 1.82) is 0 Å². The lowest BCUT2D eigenvalue weighted by atomic mass is 9.99. The first-order valence-electron chi connectivity index (χ1n) is 9.67. The zero-order chi connectivity index (χ0) is 20.5. The minimum atomic E-state index is -3.13. The molecular weight excluding hydrogens is 378 g/mol. The van der Waals surface area contributed by atoms with E-state index in [9.17, 15) is 18.0 Å². The van der Waals surface area contributed by atoms with Crippen LogP contribution in [0.25, 0.3) is 0 Å². The monoisotopic (exact) mass is 405 g/mol. The van der Waals surface area contributed by atoms with Gasteiger partial charge in [0, 0.05) is 12.8 Å². The summed E-state index contributed by atoms with van der Waals surface area (Å²) in [4.78, 5) is 24.8. The number of hydrogen-bond acceptors (Lipinski definition) is 5. The van der Waals surface area contributed by atoms with Crippen molar-refractivity contribution in [2.45, 2.75) is 58.0 Å². The second-order valence-electron chi connectivity index (χ2n) is 7.86. The number of hydrogen-bond donors (Lipinski definition) is 1. The van der Waals surface area contributed by atoms with E-state index in [2.05, 4.69) is 36.4 Å². The summed E-state index contributed by atoms with van der Waals surface area (Å²) in [5.41, 5.74) is 2.50. The zero-order valence-corrected chi connectivity index (χ0v) is 17.3. The van der Waals surface area contributed by atoms with Crippen LogP contribution >= 0.6 is 0 Å². The summed E-state index contributed by atoms with van der Waals surface area (Å²) in [5.74, 6) is -0.134. The van der Waals surface area contributed by atoms with Crippen molar-refractivity contribution in [2.75, 3.05) is 11.5 Å². The van der Waals surface area contributed by atoms with Crippen molar-refractivity contribution in [2.24, 2.45) is 5.10 Å². The molecule has 3 rings (SSSR count). The quantitative estimate of drug-likeness (QED) is 0.812. The molecule has 2 aliphatic rings. The van der Waals surface area contributed by atoms with E-state index in [1.807, 2.05) is 19.1 Å². The number of hydrazone groups is 1. The molecule has 7 nitrogen and oxygen atoms in total. The predicted octanol–water partition coefficient (Wildman–Crippen LogP) is 2.15. The third-order valence-corrected chi connectivity index (χ3v) is 7.08. The third kappa shape index (κ3) is 4.60. The Balaban J connectivity index is 1.69. The molecule has 2 atom stereocenters. The van der Waals surface area contributed by atoms with Crippen molar-refractivity contribution >= 4 is 27.4 Å². The Kier molecular flexibility index (Phi) is 5.88. The molecule has 1 aromatic carbocycles. The first kappa shape index (κ1) is 20.5. The average molecular weight is 406 g/mol. The second-order valence-corrected chi connectivity index (χ2v) is 10.1. The molecule has 0 spiro atoms. The molecule has 2 heterocycles. The standard InChI is InChI=1S/C20H27N3O4S/c1-13(2)15-4-6-16(7-5-15)14(3)21-20(25)18-8-9-19(24)23(22-18)17-10-11-28(26,27)12-17/h4-7,13-14,17H,8-12H2,1-3H3,(H,21,25). The number of benzene rings is 1. The molecule has 2 aliphatic heterocycles. The lowest BCUT2D eigenvalue weighted by Crippen LogP contribution is -2.44. The molecule has 0 bridgehead atoms. The molecule has 2 unspecified atom stereocenters. The van der Waals surface area contributed by atoms with Gasteiger partial charge < -0.3 is 5.32 Å². The highest BCUT2D eigenvalue weighted by atomic mass is 32.2. The van der Waals surface area contributed by atoms with E-state index in [1.165, 1.54) is 10.6 Å². The Morgan fingerprint density at radius 1 is 1.14 bits per heavy atom. The summed E-state index contributed by atoms with van der Waals surface area (Å²) in [6, 6.07) is 7.45. The highest BCUT2D eigenvalue weighted by Gasteiger charge is 2.37. The van der Waals surface area contributed by atoms with Gasteiger partial charge in [0.2, 0.25) is 5.91 Å². The van der Waals surface area contributed by atoms with E-state index >= 15 is 0 Å². The van der Waals surface area contributed by atoms with E-state index in [-0.39, 0.29) is 47.9 Å². The highest BCUT2D eigenvalue weighted by molar-refractivity contribution is 7.91. The second kappa shape index (κ2) is 8.03. The van der Waals surface area contributed by atoms with Crippen molar-refractivity contribution in [1.82, 2.24) is 10.3 Å². The molecule has 1 saturated heterocycles. The fourth-order valence-electron chi connectivity index (χ4n) is 3.52. The first-order valence-corrected chi connectivity index (χ1v) is 11.5. The van der Waals surface area contributed by atoms with Gasteiger partial charge in [0.05, 0.1) is 23.6 Å². The van der Waals surface area contributed by atoms with Crippen LogP contribution in [0.5, 0.6) is 0 Å². The van der Waals surface area contributed by atoms with E-state index in [0.29, 0.717) is 12.3 Å². The molecule has 0 aliphatic carbocycles. The first-order chi connectivity index (χ1) is 13.2. The minimum absolute atomic E-state index is 0.0574. The van der Waals surface area contributed by atoms with Crippen LogP contribution in [-0.4, -0.2) is 48.5 Å². The Hall–Kier alpha value is -2.22. The zero-order valence-electron chi connectivity index (χ0n) is 16.5. The Labute approximate surface area is 166 Å². The van der Waals surface area contributed by atoms with Crippen LogP contribution in [0.3, 0.4) is 0 Å². The SMILES string of the molecule is CC(C)c1ccc(C(C)NC(=O)C2=NN(C3CCS(=O)(=O)C3)C(=O)CC2)cc1. The molecule has 0 saturated carbocycles. The van der Waals surface area contributed by atoms with Gasteiger partial charge >= 0.3 is 0 Å². The normalized spacial score (nSPS) is 22.9. The highest BCUT2D eigenvalue weighted by Crippen LogP contribution is 2.23. The topological polar surface area (TPSA) is 95.9 Å². The van der Waals surface area contributed by atoms with Crippen LogP contribution in [0.4, 0.5) is 0 Å². The van der Waals surface area contributed by atoms with E-state index < -0.39 is 15.9 Å². The summed E-state index contributed by atoms with van der Waals surface area (Å²) < 4.78 is 23.4. The van der Waals surface area contributed by atoms with Crippen molar-refractivity contribution < 1.29 is 18.0 Å². The van der Waals surface area contributed by atoms with Gasteiger partial charge in [-0.05, 0) is 30.4 Å². The number of amides is 2. The molecule has 1 N–H and O–H groups in total. The molecule has 2 amide bonds. The average Bonchev–Trinajstić information content (AvgIpc) is 3.01. The van der Waals surface area contributed by atoms with Crippen LogP contribution in [0.2, 0.25) is 0 Å². The molecule has 0 radical (unpaired) electrons. The lowest BCUT2D eigenvalue weighted by Gasteiger charge is -2.28. The van der Waals surface area contributed by atoms with Gasteiger partial charge in [0.15, 0.2) is 9.84 Å². The fourth-order valence-corrected chi connectivity index (χ4v) is 5.21. The summed E-state index contributed by atoms with van der Waals surface area (Å²) in [5, 5.41) is 8.36. The fraction of sp³-hybridized carbons (Fsp3) is 0.550. The number of rotatable bonds is 5. The molecule has 28 heavy (non-hydrogen) atoms. The number of nitrogens with one attached hydrogen (secondary N) is 1. The van der Waals surface area contributed by atoms with Crippen LogP contribution in [0.1, 0.15) is 63.1 Å². The molecule has 8 heteroatoms. The number of carbonyl (C=O) groups excluding carboxylic acids is 2. The molecule has 1 aromatic rings. The minimum Gasteiger partial charge on any atom is -0.344 e. The Morgan fingerprint density at radius 3 is 2.36 bits per heavy atom. The molecule has 1 fully saturated rings. The Bertz CT molecular complexity index is 891. The molecule has 152 valence electrons. The Morgan fingerprint density at radius 2 is 1.79 bits per heavy atom. The van der Waals surface area contributed by atoms with Crippen LogP contribution < -0.4 is 5.32 Å². The van der Waals surface area contributed by atoms with Crippen LogP contribution in [-0.2, 0) is 19.4 Å². The van der Waals surface area contributed by atoms with Gasteiger partial charge in [-0.2, -0.15) is 5.10 Å². The van der Waals surface area contributed by atoms with Gasteiger partial charge in [-0.15, -0.1) is 0 Å². The number of carbonyl (C=O) groups is 2. The van der Waals surface area contributed by atoms with Crippen molar-refractivity contribution in [3.05, 3.63) is 35.4 Å². The largest absolute Gasteiger partial charge is 0.344 e. The van der Waals surface area contributed by atoms with Gasteiger partial charge in [-0.3, -0.25) is 9.59 Å². The van der Waals surface area contributed by atoms with Gasteiger partial charge in [-0.1, -0.05) is 38.1 Å². The summed E-state index contributed by atoms with van der Waals surface area (Å²) in [7, 11) is -3.13. The summed E-state index contributed by atoms with van der Waals surface area (Å²) >= 11 is 0. The van der Waals surface area contributed by atoms with E-state index in [0.717, 1.165) is 5.56 Å². The summed E-state index contributed by atoms with van der Waals surface area (Å²) in [6.45, 7) is 6.16. The van der Waals surface area contributed by atoms with Gasteiger partial charge in [0.1, 0.15) is 5.71 Å². The van der Waals surface area contributed by atoms with Crippen molar-refractivity contribution in [3.63, 3.8) is 0 Å². The predicted molar refractivity (Wildman–Crippen MR) is 108 cm³/mol.